The molecule has 1 aromatic carbocycles. The topological polar surface area (TPSA) is 93.1 Å². The summed E-state index contributed by atoms with van der Waals surface area (Å²) in [6.45, 7) is 1.25. The lowest BCUT2D eigenvalue weighted by Crippen LogP contribution is -2.25. The fourth-order valence-corrected chi connectivity index (χ4v) is 2.61. The van der Waals surface area contributed by atoms with Gasteiger partial charge < -0.3 is 5.32 Å². The Morgan fingerprint density at radius 1 is 1.27 bits per heavy atom. The van der Waals surface area contributed by atoms with Gasteiger partial charge in [-0.05, 0) is 43.8 Å². The Kier molecular flexibility index (Phi) is 5.29. The van der Waals surface area contributed by atoms with E-state index in [0.717, 1.165) is 13.0 Å². The zero-order valence-electron chi connectivity index (χ0n) is 12.2. The summed E-state index contributed by atoms with van der Waals surface area (Å²) in [7, 11) is -2.14. The number of nitrogens with one attached hydrogen (secondary N) is 2. The summed E-state index contributed by atoms with van der Waals surface area (Å²) in [5.74, 6) is -0.228. The molecule has 0 fully saturated rings. The molecule has 0 radical (unpaired) electrons. The third-order valence-electron chi connectivity index (χ3n) is 3.10. The Morgan fingerprint density at radius 2 is 2.00 bits per heavy atom. The third-order valence-corrected chi connectivity index (χ3v) is 4.53. The SMILES string of the molecule is CNS(=O)(=O)c1ccc(C(=O)NCCCn2cccn2)cc1. The van der Waals surface area contributed by atoms with Crippen molar-refractivity contribution in [3.05, 3.63) is 48.3 Å². The van der Waals surface area contributed by atoms with Crippen LogP contribution in [0.4, 0.5) is 0 Å². The van der Waals surface area contributed by atoms with E-state index in [2.05, 4.69) is 15.1 Å². The van der Waals surface area contributed by atoms with Gasteiger partial charge in [-0.2, -0.15) is 5.10 Å². The fourth-order valence-electron chi connectivity index (χ4n) is 1.88. The minimum Gasteiger partial charge on any atom is -0.352 e. The molecule has 2 N–H and O–H groups in total. The van der Waals surface area contributed by atoms with E-state index in [9.17, 15) is 13.2 Å². The molecule has 118 valence electrons. The van der Waals surface area contributed by atoms with Gasteiger partial charge in [0.05, 0.1) is 4.90 Å². The maximum absolute atomic E-state index is 11.9. The number of hydrogen-bond donors (Lipinski definition) is 2. The van der Waals surface area contributed by atoms with E-state index in [1.54, 1.807) is 10.9 Å². The van der Waals surface area contributed by atoms with Gasteiger partial charge in [0, 0.05) is 31.0 Å². The summed E-state index contributed by atoms with van der Waals surface area (Å²) < 4.78 is 27.2. The Hall–Kier alpha value is -2.19. The van der Waals surface area contributed by atoms with E-state index in [1.165, 1.54) is 31.3 Å². The summed E-state index contributed by atoms with van der Waals surface area (Å²) in [4.78, 5) is 12.1. The maximum Gasteiger partial charge on any atom is 0.251 e. The van der Waals surface area contributed by atoms with Crippen LogP contribution in [0.5, 0.6) is 0 Å². The maximum atomic E-state index is 11.9. The summed E-state index contributed by atoms with van der Waals surface area (Å²) in [6.07, 6.45) is 4.34. The van der Waals surface area contributed by atoms with E-state index >= 15 is 0 Å². The molecule has 22 heavy (non-hydrogen) atoms. The Morgan fingerprint density at radius 3 is 2.59 bits per heavy atom. The average molecular weight is 322 g/mol. The van der Waals surface area contributed by atoms with Crippen LogP contribution < -0.4 is 10.0 Å². The molecule has 0 saturated carbocycles. The molecule has 7 nitrogen and oxygen atoms in total. The first kappa shape index (κ1) is 16.2. The molecule has 0 aliphatic carbocycles. The highest BCUT2D eigenvalue weighted by Crippen LogP contribution is 2.10. The molecular weight excluding hydrogens is 304 g/mol. The van der Waals surface area contributed by atoms with Crippen molar-refractivity contribution < 1.29 is 13.2 Å². The number of aromatic nitrogens is 2. The van der Waals surface area contributed by atoms with Gasteiger partial charge in [-0.1, -0.05) is 0 Å². The molecule has 0 aliphatic heterocycles. The Bertz CT molecular complexity index is 709. The van der Waals surface area contributed by atoms with Crippen LogP contribution in [-0.4, -0.2) is 37.7 Å². The number of sulfonamides is 1. The van der Waals surface area contributed by atoms with E-state index in [4.69, 9.17) is 0 Å². The monoisotopic (exact) mass is 322 g/mol. The van der Waals surface area contributed by atoms with E-state index in [1.807, 2.05) is 12.3 Å². The quantitative estimate of drug-likeness (QED) is 0.731. The normalized spacial score (nSPS) is 11.3. The average Bonchev–Trinajstić information content (AvgIpc) is 3.05. The van der Waals surface area contributed by atoms with Gasteiger partial charge >= 0.3 is 0 Å². The Balaban J connectivity index is 1.85. The van der Waals surface area contributed by atoms with Crippen LogP contribution in [0.3, 0.4) is 0 Å². The van der Waals surface area contributed by atoms with Crippen molar-refractivity contribution in [3.8, 4) is 0 Å². The van der Waals surface area contributed by atoms with Gasteiger partial charge in [0.2, 0.25) is 10.0 Å². The molecular formula is C14H18N4O3S. The lowest BCUT2D eigenvalue weighted by Gasteiger charge is -2.07. The summed E-state index contributed by atoms with van der Waals surface area (Å²) >= 11 is 0. The van der Waals surface area contributed by atoms with Crippen LogP contribution in [0.1, 0.15) is 16.8 Å². The number of nitrogens with zero attached hydrogens (tertiary/aromatic N) is 2. The highest BCUT2D eigenvalue weighted by Gasteiger charge is 2.12. The first-order valence-corrected chi connectivity index (χ1v) is 8.30. The van der Waals surface area contributed by atoms with Crippen molar-refractivity contribution in [2.45, 2.75) is 17.9 Å². The first-order chi connectivity index (χ1) is 10.5. The smallest absolute Gasteiger partial charge is 0.251 e. The highest BCUT2D eigenvalue weighted by atomic mass is 32.2. The van der Waals surface area contributed by atoms with Crippen LogP contribution >= 0.6 is 0 Å². The number of carbonyl (C=O) groups is 1. The van der Waals surface area contributed by atoms with Crippen molar-refractivity contribution >= 4 is 15.9 Å². The van der Waals surface area contributed by atoms with Crippen molar-refractivity contribution in [2.75, 3.05) is 13.6 Å². The van der Waals surface area contributed by atoms with E-state index in [-0.39, 0.29) is 10.8 Å². The number of benzene rings is 1. The van der Waals surface area contributed by atoms with Gasteiger partial charge in [0.15, 0.2) is 0 Å². The second-order valence-corrected chi connectivity index (χ2v) is 6.50. The van der Waals surface area contributed by atoms with Crippen molar-refractivity contribution in [1.29, 1.82) is 0 Å². The molecule has 2 rings (SSSR count). The van der Waals surface area contributed by atoms with Gasteiger partial charge in [0.1, 0.15) is 0 Å². The predicted molar refractivity (Wildman–Crippen MR) is 81.9 cm³/mol. The van der Waals surface area contributed by atoms with Crippen LogP contribution in [0.15, 0.2) is 47.6 Å². The lowest BCUT2D eigenvalue weighted by atomic mass is 10.2. The van der Waals surface area contributed by atoms with Crippen molar-refractivity contribution in [1.82, 2.24) is 19.8 Å². The minimum atomic E-state index is -3.48. The molecule has 0 spiro atoms. The summed E-state index contributed by atoms with van der Waals surface area (Å²) in [5.41, 5.74) is 0.425. The molecule has 1 aromatic heterocycles. The van der Waals surface area contributed by atoms with Crippen LogP contribution in [0.2, 0.25) is 0 Å². The summed E-state index contributed by atoms with van der Waals surface area (Å²) in [6, 6.07) is 7.65. The molecule has 0 saturated heterocycles. The molecule has 0 atom stereocenters. The highest BCUT2D eigenvalue weighted by molar-refractivity contribution is 7.89. The van der Waals surface area contributed by atoms with Crippen LogP contribution in [-0.2, 0) is 16.6 Å². The third kappa shape index (κ3) is 4.15. The number of carbonyl (C=O) groups excluding carboxylic acids is 1. The molecule has 8 heteroatoms. The molecule has 1 heterocycles. The van der Waals surface area contributed by atoms with E-state index in [0.29, 0.717) is 12.1 Å². The number of rotatable bonds is 7. The minimum absolute atomic E-state index is 0.130. The predicted octanol–water partition coefficient (Wildman–Crippen LogP) is 0.611. The first-order valence-electron chi connectivity index (χ1n) is 6.82. The van der Waals surface area contributed by atoms with Crippen LogP contribution in [0, 0.1) is 0 Å². The molecule has 0 unspecified atom stereocenters. The van der Waals surface area contributed by atoms with Gasteiger partial charge in [-0.15, -0.1) is 0 Å². The van der Waals surface area contributed by atoms with Crippen molar-refractivity contribution in [3.63, 3.8) is 0 Å². The molecule has 0 aliphatic rings. The van der Waals surface area contributed by atoms with E-state index < -0.39 is 10.0 Å². The van der Waals surface area contributed by atoms with Crippen molar-refractivity contribution in [2.24, 2.45) is 0 Å². The fraction of sp³-hybridized carbons (Fsp3) is 0.286. The Labute approximate surface area is 129 Å². The zero-order chi connectivity index (χ0) is 16.0. The largest absolute Gasteiger partial charge is 0.352 e. The number of aryl methyl sites for hydroxylation is 1. The zero-order valence-corrected chi connectivity index (χ0v) is 13.0. The van der Waals surface area contributed by atoms with Gasteiger partial charge in [-0.3, -0.25) is 9.48 Å². The molecule has 0 bridgehead atoms. The standard InChI is InChI=1S/C14H18N4O3S/c1-15-22(20,21)13-6-4-12(5-7-13)14(19)16-8-2-10-18-11-3-9-17-18/h3-7,9,11,15H,2,8,10H2,1H3,(H,16,19). The number of hydrogen-bond acceptors (Lipinski definition) is 4. The van der Waals surface area contributed by atoms with Crippen LogP contribution in [0.25, 0.3) is 0 Å². The molecule has 1 amide bonds. The number of amides is 1. The second kappa shape index (κ2) is 7.19. The lowest BCUT2D eigenvalue weighted by molar-refractivity contribution is 0.0952. The molecule has 2 aromatic rings. The van der Waals surface area contributed by atoms with Gasteiger partial charge in [-0.25, -0.2) is 13.1 Å². The second-order valence-electron chi connectivity index (χ2n) is 4.61. The van der Waals surface area contributed by atoms with Gasteiger partial charge in [0.25, 0.3) is 5.91 Å². The summed E-state index contributed by atoms with van der Waals surface area (Å²) in [5, 5.41) is 6.86.